The molecule has 1 fully saturated rings. The van der Waals surface area contributed by atoms with Gasteiger partial charge in [-0.25, -0.2) is 4.79 Å². The maximum atomic E-state index is 12.1. The van der Waals surface area contributed by atoms with E-state index >= 15 is 0 Å². The number of nitrogens with one attached hydrogen (secondary N) is 1. The lowest BCUT2D eigenvalue weighted by Crippen LogP contribution is -2.20. The second-order valence-corrected chi connectivity index (χ2v) is 5.21. The van der Waals surface area contributed by atoms with Crippen LogP contribution in [0.2, 0.25) is 0 Å². The number of hydrogen-bond acceptors (Lipinski definition) is 3. The third-order valence-corrected chi connectivity index (χ3v) is 3.73. The van der Waals surface area contributed by atoms with E-state index in [0.717, 1.165) is 25.3 Å². The van der Waals surface area contributed by atoms with Gasteiger partial charge in [0, 0.05) is 29.2 Å². The Balaban J connectivity index is 1.99. The molecule has 0 unspecified atom stereocenters. The van der Waals surface area contributed by atoms with Gasteiger partial charge in [0.05, 0.1) is 5.56 Å². The number of carboxylic acid groups (broad SMARTS) is 1. The highest BCUT2D eigenvalue weighted by Crippen LogP contribution is 2.14. The number of carbonyl (C=O) groups is 1. The van der Waals surface area contributed by atoms with Crippen molar-refractivity contribution in [2.45, 2.75) is 19.4 Å². The maximum absolute atomic E-state index is 12.1. The van der Waals surface area contributed by atoms with E-state index in [2.05, 4.69) is 9.88 Å². The van der Waals surface area contributed by atoms with E-state index in [9.17, 15) is 9.59 Å². The number of aromatic carboxylic acids is 1. The van der Waals surface area contributed by atoms with Gasteiger partial charge in [-0.1, -0.05) is 0 Å². The predicted molar refractivity (Wildman–Crippen MR) is 76.0 cm³/mol. The fraction of sp³-hybridized carbons (Fsp3) is 0.333. The molecule has 2 N–H and O–H groups in total. The molecule has 3 rings (SSSR count). The summed E-state index contributed by atoms with van der Waals surface area (Å²) >= 11 is 0. The minimum absolute atomic E-state index is 0.129. The largest absolute Gasteiger partial charge is 0.478 e. The molecule has 1 saturated heterocycles. The molecule has 1 aliphatic rings. The summed E-state index contributed by atoms with van der Waals surface area (Å²) in [5.74, 6) is -1.02. The number of H-pyrrole nitrogens is 1. The Labute approximate surface area is 115 Å². The molecule has 2 aromatic rings. The van der Waals surface area contributed by atoms with Crippen LogP contribution in [-0.2, 0) is 6.54 Å². The normalized spacial score (nSPS) is 15.8. The lowest BCUT2D eigenvalue weighted by Gasteiger charge is -2.14. The SMILES string of the molecule is O=C(O)c1ccc2[nH]c(CN3CCCC3)cc(=O)c2c1. The molecule has 1 aromatic heterocycles. The first-order valence-electron chi connectivity index (χ1n) is 6.75. The number of benzene rings is 1. The highest BCUT2D eigenvalue weighted by molar-refractivity contribution is 5.93. The summed E-state index contributed by atoms with van der Waals surface area (Å²) in [4.78, 5) is 28.6. The first kappa shape index (κ1) is 12.9. The first-order chi connectivity index (χ1) is 9.63. The average molecular weight is 272 g/mol. The molecule has 0 bridgehead atoms. The van der Waals surface area contributed by atoms with Gasteiger partial charge in [0.2, 0.25) is 0 Å². The van der Waals surface area contributed by atoms with Crippen LogP contribution in [-0.4, -0.2) is 34.0 Å². The third kappa shape index (κ3) is 2.44. The smallest absolute Gasteiger partial charge is 0.335 e. The Morgan fingerprint density at radius 1 is 1.25 bits per heavy atom. The van der Waals surface area contributed by atoms with Crippen molar-refractivity contribution in [3.05, 3.63) is 45.7 Å². The minimum Gasteiger partial charge on any atom is -0.478 e. The van der Waals surface area contributed by atoms with Gasteiger partial charge in [-0.05, 0) is 44.1 Å². The van der Waals surface area contributed by atoms with Crippen LogP contribution < -0.4 is 5.43 Å². The zero-order valence-electron chi connectivity index (χ0n) is 11.1. The van der Waals surface area contributed by atoms with Crippen LogP contribution in [0.1, 0.15) is 28.9 Å². The quantitative estimate of drug-likeness (QED) is 0.894. The molecule has 0 atom stereocenters. The summed E-state index contributed by atoms with van der Waals surface area (Å²) in [6, 6.07) is 6.18. The van der Waals surface area contributed by atoms with E-state index in [0.29, 0.717) is 10.9 Å². The summed E-state index contributed by atoms with van der Waals surface area (Å²) < 4.78 is 0. The zero-order valence-corrected chi connectivity index (χ0v) is 11.1. The summed E-state index contributed by atoms with van der Waals surface area (Å²) in [5, 5.41) is 9.39. The average Bonchev–Trinajstić information content (AvgIpc) is 2.91. The van der Waals surface area contributed by atoms with E-state index in [1.807, 2.05) is 0 Å². The second-order valence-electron chi connectivity index (χ2n) is 5.21. The number of aromatic nitrogens is 1. The third-order valence-electron chi connectivity index (χ3n) is 3.73. The molecule has 5 nitrogen and oxygen atoms in total. The van der Waals surface area contributed by atoms with Crippen molar-refractivity contribution in [1.82, 2.24) is 9.88 Å². The van der Waals surface area contributed by atoms with Crippen molar-refractivity contribution >= 4 is 16.9 Å². The summed E-state index contributed by atoms with van der Waals surface area (Å²) in [6.07, 6.45) is 2.42. The van der Waals surface area contributed by atoms with Crippen LogP contribution in [0.15, 0.2) is 29.1 Å². The topological polar surface area (TPSA) is 73.4 Å². The molecule has 2 heterocycles. The van der Waals surface area contributed by atoms with Crippen molar-refractivity contribution in [3.63, 3.8) is 0 Å². The standard InChI is InChI=1S/C15H16N2O3/c18-14-8-11(9-17-5-1-2-6-17)16-13-4-3-10(15(19)20)7-12(13)14/h3-4,7-8H,1-2,5-6,9H2,(H,16,18)(H,19,20). The summed E-state index contributed by atoms with van der Waals surface area (Å²) in [5.41, 5.74) is 1.58. The van der Waals surface area contributed by atoms with Crippen molar-refractivity contribution in [1.29, 1.82) is 0 Å². The van der Waals surface area contributed by atoms with Gasteiger partial charge in [0.25, 0.3) is 0 Å². The van der Waals surface area contributed by atoms with Gasteiger partial charge in [-0.2, -0.15) is 0 Å². The Morgan fingerprint density at radius 2 is 2.00 bits per heavy atom. The van der Waals surface area contributed by atoms with E-state index in [1.165, 1.54) is 25.0 Å². The van der Waals surface area contributed by atoms with Crippen LogP contribution in [0.25, 0.3) is 10.9 Å². The molecule has 20 heavy (non-hydrogen) atoms. The van der Waals surface area contributed by atoms with Gasteiger partial charge in [-0.15, -0.1) is 0 Å². The zero-order chi connectivity index (χ0) is 14.1. The molecule has 1 aromatic carbocycles. The van der Waals surface area contributed by atoms with Crippen LogP contribution in [0, 0.1) is 0 Å². The second kappa shape index (κ2) is 5.09. The lowest BCUT2D eigenvalue weighted by molar-refractivity contribution is 0.0697. The first-order valence-corrected chi connectivity index (χ1v) is 6.75. The summed E-state index contributed by atoms with van der Waals surface area (Å²) in [7, 11) is 0. The van der Waals surface area contributed by atoms with Gasteiger partial charge < -0.3 is 10.1 Å². The Morgan fingerprint density at radius 3 is 2.70 bits per heavy atom. The van der Waals surface area contributed by atoms with Crippen molar-refractivity contribution < 1.29 is 9.90 Å². The highest BCUT2D eigenvalue weighted by Gasteiger charge is 2.13. The van der Waals surface area contributed by atoms with Crippen LogP contribution in [0.3, 0.4) is 0 Å². The maximum Gasteiger partial charge on any atom is 0.335 e. The van der Waals surface area contributed by atoms with Crippen LogP contribution >= 0.6 is 0 Å². The monoisotopic (exact) mass is 272 g/mol. The molecular weight excluding hydrogens is 256 g/mol. The number of fused-ring (bicyclic) bond motifs is 1. The van der Waals surface area contributed by atoms with Crippen LogP contribution in [0.4, 0.5) is 0 Å². The van der Waals surface area contributed by atoms with E-state index in [4.69, 9.17) is 5.11 Å². The Bertz CT molecular complexity index is 715. The van der Waals surface area contributed by atoms with Gasteiger partial charge in [0.1, 0.15) is 0 Å². The molecule has 0 spiro atoms. The van der Waals surface area contributed by atoms with E-state index in [-0.39, 0.29) is 11.0 Å². The molecule has 0 saturated carbocycles. The Hall–Kier alpha value is -2.14. The fourth-order valence-corrected chi connectivity index (χ4v) is 2.70. The van der Waals surface area contributed by atoms with Gasteiger partial charge in [0.15, 0.2) is 5.43 Å². The molecule has 104 valence electrons. The highest BCUT2D eigenvalue weighted by atomic mass is 16.4. The van der Waals surface area contributed by atoms with Crippen LogP contribution in [0.5, 0.6) is 0 Å². The van der Waals surface area contributed by atoms with Crippen molar-refractivity contribution in [3.8, 4) is 0 Å². The van der Waals surface area contributed by atoms with E-state index < -0.39 is 5.97 Å². The molecule has 0 aliphatic carbocycles. The molecule has 5 heteroatoms. The lowest BCUT2D eigenvalue weighted by atomic mass is 10.1. The number of nitrogens with zero attached hydrogens (tertiary/aromatic N) is 1. The number of carboxylic acids is 1. The van der Waals surface area contributed by atoms with Crippen molar-refractivity contribution in [2.75, 3.05) is 13.1 Å². The van der Waals surface area contributed by atoms with Gasteiger partial charge in [-0.3, -0.25) is 9.69 Å². The Kier molecular flexibility index (Phi) is 3.28. The molecule has 0 amide bonds. The fourth-order valence-electron chi connectivity index (χ4n) is 2.70. The number of pyridine rings is 1. The van der Waals surface area contributed by atoms with Crippen molar-refractivity contribution in [2.24, 2.45) is 0 Å². The minimum atomic E-state index is -1.02. The number of aromatic amines is 1. The molecule has 0 radical (unpaired) electrons. The predicted octanol–water partition coefficient (Wildman–Crippen LogP) is 1.82. The molecular formula is C15H16N2O3. The molecule has 1 aliphatic heterocycles. The number of hydrogen-bond donors (Lipinski definition) is 2. The van der Waals surface area contributed by atoms with Gasteiger partial charge >= 0.3 is 5.97 Å². The number of rotatable bonds is 3. The number of likely N-dealkylation sites (tertiary alicyclic amines) is 1. The summed E-state index contributed by atoms with van der Waals surface area (Å²) in [6.45, 7) is 2.88. The van der Waals surface area contributed by atoms with E-state index in [1.54, 1.807) is 12.1 Å².